The summed E-state index contributed by atoms with van der Waals surface area (Å²) in [6.07, 6.45) is 2.68. The molecule has 2 atom stereocenters. The molecule has 0 saturated heterocycles. The third-order valence-electron chi connectivity index (χ3n) is 3.48. The standard InChI is InChI=1S/C14H30N4O.HI/c1-6-15-14(17-11(2)10-19-5)16-9-12(3)18(4)13-7-8-13;/h11-13H,6-10H2,1-5H3,(H2,15,16,17);1H. The fourth-order valence-corrected chi connectivity index (χ4v) is 2.04. The number of guanidine groups is 1. The van der Waals surface area contributed by atoms with E-state index in [1.807, 2.05) is 0 Å². The van der Waals surface area contributed by atoms with Crippen molar-refractivity contribution < 1.29 is 4.74 Å². The van der Waals surface area contributed by atoms with Gasteiger partial charge in [-0.05, 0) is 40.7 Å². The number of halogens is 1. The largest absolute Gasteiger partial charge is 0.383 e. The van der Waals surface area contributed by atoms with E-state index in [-0.39, 0.29) is 30.0 Å². The summed E-state index contributed by atoms with van der Waals surface area (Å²) < 4.78 is 5.13. The predicted molar refractivity (Wildman–Crippen MR) is 96.1 cm³/mol. The monoisotopic (exact) mass is 398 g/mol. The molecule has 1 rings (SSSR count). The summed E-state index contributed by atoms with van der Waals surface area (Å²) in [5.41, 5.74) is 0. The zero-order valence-electron chi connectivity index (χ0n) is 13.5. The van der Waals surface area contributed by atoms with Gasteiger partial charge in [-0.15, -0.1) is 24.0 Å². The number of ether oxygens (including phenoxy) is 1. The molecular weight excluding hydrogens is 367 g/mol. The van der Waals surface area contributed by atoms with Crippen LogP contribution in [0.1, 0.15) is 33.6 Å². The van der Waals surface area contributed by atoms with Gasteiger partial charge < -0.3 is 15.4 Å². The van der Waals surface area contributed by atoms with Crippen molar-refractivity contribution in [3.63, 3.8) is 0 Å². The van der Waals surface area contributed by atoms with Gasteiger partial charge in [0, 0.05) is 31.8 Å². The molecule has 0 bridgehead atoms. The smallest absolute Gasteiger partial charge is 0.191 e. The molecule has 2 N–H and O–H groups in total. The van der Waals surface area contributed by atoms with Gasteiger partial charge in [0.15, 0.2) is 5.96 Å². The van der Waals surface area contributed by atoms with Crippen molar-refractivity contribution in [2.24, 2.45) is 4.99 Å². The molecule has 5 nitrogen and oxygen atoms in total. The first kappa shape index (κ1) is 19.9. The van der Waals surface area contributed by atoms with Crippen LogP contribution in [0.25, 0.3) is 0 Å². The van der Waals surface area contributed by atoms with Gasteiger partial charge >= 0.3 is 0 Å². The average molecular weight is 398 g/mol. The lowest BCUT2D eigenvalue weighted by molar-refractivity contribution is 0.179. The van der Waals surface area contributed by atoms with Gasteiger partial charge in [-0.2, -0.15) is 0 Å². The van der Waals surface area contributed by atoms with E-state index in [1.165, 1.54) is 12.8 Å². The van der Waals surface area contributed by atoms with Crippen LogP contribution in [-0.2, 0) is 4.74 Å². The number of nitrogens with one attached hydrogen (secondary N) is 2. The Morgan fingerprint density at radius 2 is 2.05 bits per heavy atom. The molecule has 1 saturated carbocycles. The van der Waals surface area contributed by atoms with E-state index in [1.54, 1.807) is 7.11 Å². The van der Waals surface area contributed by atoms with Crippen LogP contribution in [0.3, 0.4) is 0 Å². The highest BCUT2D eigenvalue weighted by molar-refractivity contribution is 14.0. The molecule has 0 aromatic rings. The summed E-state index contributed by atoms with van der Waals surface area (Å²) in [6, 6.07) is 1.54. The summed E-state index contributed by atoms with van der Waals surface area (Å²) in [6.45, 7) is 8.79. The Hall–Kier alpha value is -0.0800. The fourth-order valence-electron chi connectivity index (χ4n) is 2.04. The highest BCUT2D eigenvalue weighted by Crippen LogP contribution is 2.26. The zero-order valence-corrected chi connectivity index (χ0v) is 15.8. The van der Waals surface area contributed by atoms with Gasteiger partial charge in [0.05, 0.1) is 13.2 Å². The molecule has 0 radical (unpaired) electrons. The Balaban J connectivity index is 0.00000361. The highest BCUT2D eigenvalue weighted by Gasteiger charge is 2.28. The third-order valence-corrected chi connectivity index (χ3v) is 3.48. The molecule has 2 unspecified atom stereocenters. The normalized spacial score (nSPS) is 18.4. The van der Waals surface area contributed by atoms with Crippen LogP contribution < -0.4 is 10.6 Å². The van der Waals surface area contributed by atoms with Crippen LogP contribution in [0.2, 0.25) is 0 Å². The lowest BCUT2D eigenvalue weighted by atomic mass is 10.3. The third kappa shape index (κ3) is 7.64. The minimum atomic E-state index is 0. The van der Waals surface area contributed by atoms with Crippen molar-refractivity contribution in [3.05, 3.63) is 0 Å². The first-order valence-corrected chi connectivity index (χ1v) is 7.34. The van der Waals surface area contributed by atoms with Crippen LogP contribution in [0.4, 0.5) is 0 Å². The molecule has 0 aromatic carbocycles. The predicted octanol–water partition coefficient (Wildman–Crippen LogP) is 1.68. The molecule has 0 heterocycles. The van der Waals surface area contributed by atoms with Crippen molar-refractivity contribution in [1.82, 2.24) is 15.5 Å². The van der Waals surface area contributed by atoms with Crippen molar-refractivity contribution in [2.45, 2.75) is 51.7 Å². The van der Waals surface area contributed by atoms with Gasteiger partial charge in [0.25, 0.3) is 0 Å². The minimum absolute atomic E-state index is 0. The van der Waals surface area contributed by atoms with Crippen LogP contribution in [0, 0.1) is 0 Å². The number of likely N-dealkylation sites (N-methyl/N-ethyl adjacent to an activating group) is 1. The minimum Gasteiger partial charge on any atom is -0.383 e. The van der Waals surface area contributed by atoms with Crippen LogP contribution in [-0.4, -0.2) is 62.8 Å². The lowest BCUT2D eigenvalue weighted by Crippen LogP contribution is -2.44. The quantitative estimate of drug-likeness (QED) is 0.371. The van der Waals surface area contributed by atoms with E-state index in [2.05, 4.69) is 48.3 Å². The summed E-state index contributed by atoms with van der Waals surface area (Å²) in [5.74, 6) is 0.878. The Morgan fingerprint density at radius 1 is 1.40 bits per heavy atom. The molecule has 1 aliphatic rings. The highest BCUT2D eigenvalue weighted by atomic mass is 127. The maximum absolute atomic E-state index is 5.13. The van der Waals surface area contributed by atoms with E-state index in [9.17, 15) is 0 Å². The van der Waals surface area contributed by atoms with E-state index in [0.717, 1.165) is 25.1 Å². The van der Waals surface area contributed by atoms with Gasteiger partial charge in [-0.3, -0.25) is 9.89 Å². The van der Waals surface area contributed by atoms with Crippen molar-refractivity contribution >= 4 is 29.9 Å². The molecule has 120 valence electrons. The Bertz CT molecular complexity index is 284. The number of hydrogen-bond donors (Lipinski definition) is 2. The van der Waals surface area contributed by atoms with Gasteiger partial charge in [-0.25, -0.2) is 0 Å². The maximum Gasteiger partial charge on any atom is 0.191 e. The first-order chi connectivity index (χ1) is 9.08. The SMILES string of the molecule is CCNC(=NCC(C)N(C)C1CC1)NC(C)COC.I. The molecule has 20 heavy (non-hydrogen) atoms. The second-order valence-corrected chi connectivity index (χ2v) is 5.47. The summed E-state index contributed by atoms with van der Waals surface area (Å²) in [5, 5.41) is 6.63. The van der Waals surface area contributed by atoms with Crippen LogP contribution >= 0.6 is 24.0 Å². The summed E-state index contributed by atoms with van der Waals surface area (Å²) in [4.78, 5) is 7.10. The molecular formula is C14H31IN4O. The summed E-state index contributed by atoms with van der Waals surface area (Å²) in [7, 11) is 3.92. The molecule has 0 aliphatic heterocycles. The Kier molecular flexibility index (Phi) is 10.6. The maximum atomic E-state index is 5.13. The van der Waals surface area contributed by atoms with Crippen LogP contribution in [0.5, 0.6) is 0 Å². The second kappa shape index (κ2) is 10.6. The number of aliphatic imine (C=N–C) groups is 1. The number of rotatable bonds is 8. The second-order valence-electron chi connectivity index (χ2n) is 5.47. The summed E-state index contributed by atoms with van der Waals surface area (Å²) >= 11 is 0. The van der Waals surface area contributed by atoms with E-state index < -0.39 is 0 Å². The van der Waals surface area contributed by atoms with Gasteiger partial charge in [-0.1, -0.05) is 0 Å². The van der Waals surface area contributed by atoms with Crippen molar-refractivity contribution in [1.29, 1.82) is 0 Å². The average Bonchev–Trinajstić information content (AvgIpc) is 3.19. The van der Waals surface area contributed by atoms with Gasteiger partial charge in [0.1, 0.15) is 0 Å². The first-order valence-electron chi connectivity index (χ1n) is 7.34. The van der Waals surface area contributed by atoms with E-state index in [4.69, 9.17) is 4.74 Å². The molecule has 0 spiro atoms. The van der Waals surface area contributed by atoms with E-state index in [0.29, 0.717) is 12.6 Å². The van der Waals surface area contributed by atoms with E-state index >= 15 is 0 Å². The van der Waals surface area contributed by atoms with Gasteiger partial charge in [0.2, 0.25) is 0 Å². The molecule has 1 aliphatic carbocycles. The van der Waals surface area contributed by atoms with Crippen molar-refractivity contribution in [3.8, 4) is 0 Å². The number of nitrogens with zero attached hydrogens (tertiary/aromatic N) is 2. The Labute approximate surface area is 140 Å². The molecule has 1 fully saturated rings. The zero-order chi connectivity index (χ0) is 14.3. The number of methoxy groups -OCH3 is 1. The Morgan fingerprint density at radius 3 is 2.55 bits per heavy atom. The topological polar surface area (TPSA) is 48.9 Å². The van der Waals surface area contributed by atoms with Crippen LogP contribution in [0.15, 0.2) is 4.99 Å². The molecule has 6 heteroatoms. The fraction of sp³-hybridized carbons (Fsp3) is 0.929. The molecule has 0 aromatic heterocycles. The lowest BCUT2D eigenvalue weighted by Gasteiger charge is -2.24. The number of hydrogen-bond acceptors (Lipinski definition) is 3. The van der Waals surface area contributed by atoms with Crippen molar-refractivity contribution in [2.75, 3.05) is 33.9 Å². The molecule has 0 amide bonds.